The molecule has 0 unspecified atom stereocenters. The maximum absolute atomic E-state index is 11.7. The highest BCUT2D eigenvalue weighted by molar-refractivity contribution is 7.18. The third-order valence-corrected chi connectivity index (χ3v) is 3.81. The lowest BCUT2D eigenvalue weighted by Crippen LogP contribution is -2.03. The maximum atomic E-state index is 11.7. The van der Waals surface area contributed by atoms with Crippen molar-refractivity contribution in [1.82, 2.24) is 9.55 Å². The molecule has 0 spiro atoms. The second kappa shape index (κ2) is 3.61. The summed E-state index contributed by atoms with van der Waals surface area (Å²) in [4.78, 5) is 17.1. The molecule has 0 fully saturated rings. The minimum atomic E-state index is -0.0509. The summed E-state index contributed by atoms with van der Waals surface area (Å²) in [6.45, 7) is 3.86. The average Bonchev–Trinajstić information content (AvgIpc) is 2.66. The number of fused-ring (bicyclic) bond motifs is 1. The van der Waals surface area contributed by atoms with Gasteiger partial charge >= 0.3 is 0 Å². The van der Waals surface area contributed by atoms with E-state index in [1.165, 1.54) is 0 Å². The van der Waals surface area contributed by atoms with E-state index in [0.29, 0.717) is 5.56 Å². The van der Waals surface area contributed by atoms with Crippen LogP contribution in [0.25, 0.3) is 10.3 Å². The molecular weight excluding hydrogens is 232 g/mol. The summed E-state index contributed by atoms with van der Waals surface area (Å²) in [5, 5.41) is 0.972. The van der Waals surface area contributed by atoms with Crippen molar-refractivity contribution >= 4 is 39.1 Å². The van der Waals surface area contributed by atoms with Gasteiger partial charge in [-0.05, 0) is 13.8 Å². The van der Waals surface area contributed by atoms with E-state index in [1.54, 1.807) is 11.3 Å². The number of thiazole rings is 1. The molecule has 0 amide bonds. The zero-order valence-electron chi connectivity index (χ0n) is 8.80. The highest BCUT2D eigenvalue weighted by Crippen LogP contribution is 2.29. The van der Waals surface area contributed by atoms with Gasteiger partial charge in [0.05, 0.1) is 16.5 Å². The second-order valence-corrected chi connectivity index (χ2v) is 4.91. The van der Waals surface area contributed by atoms with Gasteiger partial charge in [0.1, 0.15) is 10.3 Å². The number of Topliss-reactive ketones (excluding diaryl/α,β-unsaturated/α-hetero) is 1. The van der Waals surface area contributed by atoms with Crippen LogP contribution in [0.1, 0.15) is 21.1 Å². The normalized spacial score (nSPS) is 11.2. The first-order chi connectivity index (χ1) is 7.06. The van der Waals surface area contributed by atoms with E-state index in [4.69, 9.17) is 11.6 Å². The van der Waals surface area contributed by atoms with Gasteiger partial charge in [0, 0.05) is 12.7 Å². The lowest BCUT2D eigenvalue weighted by Gasteiger charge is -1.98. The zero-order valence-corrected chi connectivity index (χ0v) is 10.4. The summed E-state index contributed by atoms with van der Waals surface area (Å²) >= 11 is 7.19. The molecule has 0 aromatic carbocycles. The third kappa shape index (κ3) is 1.48. The monoisotopic (exact) mass is 242 g/mol. The van der Waals surface area contributed by atoms with E-state index in [0.717, 1.165) is 21.0 Å². The summed E-state index contributed by atoms with van der Waals surface area (Å²) in [6, 6.07) is 0. The lowest BCUT2D eigenvalue weighted by atomic mass is 10.2. The molecule has 0 aliphatic heterocycles. The molecule has 0 radical (unpaired) electrons. The molecule has 2 rings (SSSR count). The zero-order chi connectivity index (χ0) is 11.2. The summed E-state index contributed by atoms with van der Waals surface area (Å²) in [5.41, 5.74) is 2.41. The molecule has 0 saturated heterocycles. The van der Waals surface area contributed by atoms with E-state index in [-0.39, 0.29) is 11.7 Å². The van der Waals surface area contributed by atoms with Crippen molar-refractivity contribution in [2.75, 3.05) is 5.88 Å². The molecule has 0 N–H and O–H groups in total. The Kier molecular flexibility index (Phi) is 2.56. The largest absolute Gasteiger partial charge is 0.338 e. The van der Waals surface area contributed by atoms with Crippen LogP contribution in [-0.2, 0) is 7.05 Å². The fraction of sp³-hybridized carbons (Fsp3) is 0.400. The molecule has 0 aliphatic rings. The van der Waals surface area contributed by atoms with Crippen molar-refractivity contribution in [2.45, 2.75) is 13.8 Å². The molecule has 2 aromatic heterocycles. The summed E-state index contributed by atoms with van der Waals surface area (Å²) in [6.07, 6.45) is 0. The topological polar surface area (TPSA) is 34.9 Å². The quantitative estimate of drug-likeness (QED) is 0.600. The number of halogens is 1. The van der Waals surface area contributed by atoms with Crippen LogP contribution in [0.5, 0.6) is 0 Å². The maximum Gasteiger partial charge on any atom is 0.181 e. The number of nitrogens with zero attached hydrogens (tertiary/aromatic N) is 2. The Balaban J connectivity index is 2.81. The number of aromatic nitrogens is 2. The smallest absolute Gasteiger partial charge is 0.181 e. The van der Waals surface area contributed by atoms with Crippen LogP contribution in [0, 0.1) is 13.8 Å². The highest BCUT2D eigenvalue weighted by atomic mass is 35.5. The standard InChI is InChI=1S/C10H11ClN2OS/c1-5-8(7(14)4-11)9-10(13(5)3)15-6(2)12-9/h4H2,1-3H3. The van der Waals surface area contributed by atoms with Crippen LogP contribution in [0.4, 0.5) is 0 Å². The first kappa shape index (κ1) is 10.6. The number of rotatable bonds is 2. The van der Waals surface area contributed by atoms with E-state index in [1.807, 2.05) is 25.5 Å². The first-order valence-corrected chi connectivity index (χ1v) is 5.93. The molecule has 5 heteroatoms. The van der Waals surface area contributed by atoms with Crippen molar-refractivity contribution in [2.24, 2.45) is 7.05 Å². The van der Waals surface area contributed by atoms with Crippen molar-refractivity contribution in [3.63, 3.8) is 0 Å². The Morgan fingerprint density at radius 2 is 2.20 bits per heavy atom. The lowest BCUT2D eigenvalue weighted by molar-refractivity contribution is 0.102. The highest BCUT2D eigenvalue weighted by Gasteiger charge is 2.20. The summed E-state index contributed by atoms with van der Waals surface area (Å²) in [5.74, 6) is -0.0404. The first-order valence-electron chi connectivity index (χ1n) is 4.57. The molecule has 2 aromatic rings. The Bertz CT molecular complexity index is 541. The molecule has 80 valence electrons. The number of aryl methyl sites for hydroxylation is 2. The summed E-state index contributed by atoms with van der Waals surface area (Å²) < 4.78 is 2.00. The molecule has 2 heterocycles. The third-order valence-electron chi connectivity index (χ3n) is 2.52. The number of carbonyl (C=O) groups excluding carboxylic acids is 1. The van der Waals surface area contributed by atoms with Crippen LogP contribution in [0.15, 0.2) is 0 Å². The van der Waals surface area contributed by atoms with E-state index in [9.17, 15) is 4.79 Å². The van der Waals surface area contributed by atoms with Crippen LogP contribution in [-0.4, -0.2) is 21.2 Å². The van der Waals surface area contributed by atoms with Gasteiger partial charge in [-0.25, -0.2) is 4.98 Å². The number of hydrogen-bond donors (Lipinski definition) is 0. The van der Waals surface area contributed by atoms with Gasteiger partial charge in [-0.2, -0.15) is 0 Å². The average molecular weight is 243 g/mol. The van der Waals surface area contributed by atoms with E-state index < -0.39 is 0 Å². The van der Waals surface area contributed by atoms with Gasteiger partial charge in [-0.3, -0.25) is 4.79 Å². The predicted octanol–water partition coefficient (Wildman–Crippen LogP) is 2.67. The summed E-state index contributed by atoms with van der Waals surface area (Å²) in [7, 11) is 1.94. The predicted molar refractivity (Wildman–Crippen MR) is 63.1 cm³/mol. The molecular formula is C10H11ClN2OS. The Hall–Kier alpha value is -0.870. The van der Waals surface area contributed by atoms with Gasteiger partial charge in [-0.1, -0.05) is 0 Å². The van der Waals surface area contributed by atoms with Gasteiger partial charge in [0.2, 0.25) is 0 Å². The Morgan fingerprint density at radius 3 is 2.80 bits per heavy atom. The van der Waals surface area contributed by atoms with Crippen molar-refractivity contribution in [1.29, 1.82) is 0 Å². The Morgan fingerprint density at radius 1 is 1.53 bits per heavy atom. The SMILES string of the molecule is Cc1nc2c(C(=O)CCl)c(C)n(C)c2s1. The van der Waals surface area contributed by atoms with E-state index in [2.05, 4.69) is 4.98 Å². The van der Waals surface area contributed by atoms with Crippen LogP contribution >= 0.6 is 22.9 Å². The Labute approximate surface area is 96.7 Å². The van der Waals surface area contributed by atoms with Gasteiger partial charge in [0.15, 0.2) is 5.78 Å². The molecule has 0 bridgehead atoms. The van der Waals surface area contributed by atoms with Gasteiger partial charge in [0.25, 0.3) is 0 Å². The molecule has 15 heavy (non-hydrogen) atoms. The number of hydrogen-bond acceptors (Lipinski definition) is 3. The second-order valence-electron chi connectivity index (χ2n) is 3.46. The molecule has 0 aliphatic carbocycles. The van der Waals surface area contributed by atoms with Crippen LogP contribution < -0.4 is 0 Å². The van der Waals surface area contributed by atoms with E-state index >= 15 is 0 Å². The fourth-order valence-corrected chi connectivity index (χ4v) is 2.77. The number of carbonyl (C=O) groups is 1. The minimum absolute atomic E-state index is 0.0104. The van der Waals surface area contributed by atoms with Crippen LogP contribution in [0.3, 0.4) is 0 Å². The molecule has 0 saturated carbocycles. The van der Waals surface area contributed by atoms with Crippen molar-refractivity contribution in [3.05, 3.63) is 16.3 Å². The molecule has 3 nitrogen and oxygen atoms in total. The number of alkyl halides is 1. The minimum Gasteiger partial charge on any atom is -0.338 e. The van der Waals surface area contributed by atoms with Gasteiger partial charge < -0.3 is 4.57 Å². The fourth-order valence-electron chi connectivity index (χ4n) is 1.70. The van der Waals surface area contributed by atoms with Crippen molar-refractivity contribution < 1.29 is 4.79 Å². The number of ketones is 1. The molecule has 0 atom stereocenters. The van der Waals surface area contributed by atoms with Gasteiger partial charge in [-0.15, -0.1) is 22.9 Å². The van der Waals surface area contributed by atoms with Crippen LogP contribution in [0.2, 0.25) is 0 Å². The van der Waals surface area contributed by atoms with Crippen molar-refractivity contribution in [3.8, 4) is 0 Å².